The molecule has 0 amide bonds. The SMILES string of the molecule is CCC1CCCC(OCC2(CS(N)(=O)=O)CCCC2)C1. The molecule has 118 valence electrons. The van der Waals surface area contributed by atoms with E-state index in [0.29, 0.717) is 12.7 Å². The summed E-state index contributed by atoms with van der Waals surface area (Å²) in [4.78, 5) is 0. The number of hydrogen-bond acceptors (Lipinski definition) is 3. The first-order valence-corrected chi connectivity index (χ1v) is 9.76. The van der Waals surface area contributed by atoms with Crippen molar-refractivity contribution in [2.24, 2.45) is 16.5 Å². The molecule has 2 atom stereocenters. The van der Waals surface area contributed by atoms with E-state index in [1.54, 1.807) is 0 Å². The molecule has 4 nitrogen and oxygen atoms in total. The van der Waals surface area contributed by atoms with E-state index in [1.807, 2.05) is 0 Å². The van der Waals surface area contributed by atoms with Crippen LogP contribution in [0.4, 0.5) is 0 Å². The van der Waals surface area contributed by atoms with Crippen molar-refractivity contribution in [1.82, 2.24) is 0 Å². The van der Waals surface area contributed by atoms with E-state index in [1.165, 1.54) is 19.3 Å². The molecule has 2 fully saturated rings. The minimum Gasteiger partial charge on any atom is -0.378 e. The quantitative estimate of drug-likeness (QED) is 0.820. The summed E-state index contributed by atoms with van der Waals surface area (Å²) in [6.07, 6.45) is 10.4. The van der Waals surface area contributed by atoms with E-state index in [-0.39, 0.29) is 11.2 Å². The molecule has 20 heavy (non-hydrogen) atoms. The molecule has 2 unspecified atom stereocenters. The van der Waals surface area contributed by atoms with Crippen LogP contribution < -0.4 is 5.14 Å². The molecule has 2 rings (SSSR count). The molecule has 2 saturated carbocycles. The van der Waals surface area contributed by atoms with Gasteiger partial charge in [0.2, 0.25) is 10.0 Å². The Bertz CT molecular complexity index is 401. The fourth-order valence-corrected chi connectivity index (χ4v) is 5.17. The maximum Gasteiger partial charge on any atom is 0.209 e. The van der Waals surface area contributed by atoms with Gasteiger partial charge in [0.25, 0.3) is 0 Å². The number of rotatable bonds is 6. The summed E-state index contributed by atoms with van der Waals surface area (Å²) >= 11 is 0. The Kier molecular flexibility index (Phi) is 5.49. The van der Waals surface area contributed by atoms with E-state index in [2.05, 4.69) is 6.92 Å². The molecule has 2 aliphatic rings. The second-order valence-electron chi connectivity index (χ2n) is 6.89. The van der Waals surface area contributed by atoms with Crippen LogP contribution in [0.1, 0.15) is 64.7 Å². The van der Waals surface area contributed by atoms with Gasteiger partial charge in [-0.2, -0.15) is 0 Å². The molecule has 0 heterocycles. The van der Waals surface area contributed by atoms with E-state index in [4.69, 9.17) is 9.88 Å². The second kappa shape index (κ2) is 6.75. The number of nitrogens with two attached hydrogens (primary N) is 1. The van der Waals surface area contributed by atoms with Crippen molar-refractivity contribution in [2.45, 2.75) is 70.8 Å². The first-order valence-electron chi connectivity index (χ1n) is 8.04. The van der Waals surface area contributed by atoms with Crippen molar-refractivity contribution in [2.75, 3.05) is 12.4 Å². The average Bonchev–Trinajstić information content (AvgIpc) is 2.83. The number of sulfonamides is 1. The van der Waals surface area contributed by atoms with Crippen LogP contribution in [0.3, 0.4) is 0 Å². The highest BCUT2D eigenvalue weighted by Gasteiger charge is 2.38. The van der Waals surface area contributed by atoms with Gasteiger partial charge in [0, 0.05) is 5.41 Å². The summed E-state index contributed by atoms with van der Waals surface area (Å²) in [5.74, 6) is 0.871. The van der Waals surface area contributed by atoms with Crippen LogP contribution in [0.25, 0.3) is 0 Å². The Labute approximate surface area is 123 Å². The second-order valence-corrected chi connectivity index (χ2v) is 8.50. The third kappa shape index (κ3) is 4.71. The molecular weight excluding hydrogens is 274 g/mol. The number of primary sulfonamides is 1. The van der Waals surface area contributed by atoms with Gasteiger partial charge in [-0.15, -0.1) is 0 Å². The minimum atomic E-state index is -3.41. The van der Waals surface area contributed by atoms with Crippen LogP contribution in [0.2, 0.25) is 0 Å². The zero-order valence-electron chi connectivity index (χ0n) is 12.6. The van der Waals surface area contributed by atoms with E-state index in [0.717, 1.165) is 44.4 Å². The fraction of sp³-hybridized carbons (Fsp3) is 1.00. The van der Waals surface area contributed by atoms with Gasteiger partial charge in [-0.1, -0.05) is 39.0 Å². The first kappa shape index (κ1) is 16.2. The van der Waals surface area contributed by atoms with Gasteiger partial charge in [-0.25, -0.2) is 13.6 Å². The molecule has 0 saturated heterocycles. The molecular formula is C15H29NO3S. The highest BCUT2D eigenvalue weighted by molar-refractivity contribution is 7.89. The summed E-state index contributed by atoms with van der Waals surface area (Å²) < 4.78 is 29.1. The number of ether oxygens (including phenoxy) is 1. The van der Waals surface area contributed by atoms with Crippen molar-refractivity contribution in [3.05, 3.63) is 0 Å². The lowest BCUT2D eigenvalue weighted by molar-refractivity contribution is -0.0280. The maximum absolute atomic E-state index is 11.5. The first-order chi connectivity index (χ1) is 9.42. The minimum absolute atomic E-state index is 0.0872. The molecule has 0 aromatic carbocycles. The summed E-state index contributed by atoms with van der Waals surface area (Å²) in [6.45, 7) is 2.82. The highest BCUT2D eigenvalue weighted by atomic mass is 32.2. The van der Waals surface area contributed by atoms with E-state index in [9.17, 15) is 8.42 Å². The lowest BCUT2D eigenvalue weighted by atomic mass is 9.85. The van der Waals surface area contributed by atoms with Crippen LogP contribution >= 0.6 is 0 Å². The van der Waals surface area contributed by atoms with Gasteiger partial charge in [0.1, 0.15) is 0 Å². The van der Waals surface area contributed by atoms with E-state index >= 15 is 0 Å². The Morgan fingerprint density at radius 3 is 2.50 bits per heavy atom. The molecule has 2 aliphatic carbocycles. The number of hydrogen-bond donors (Lipinski definition) is 1. The summed E-state index contributed by atoms with van der Waals surface area (Å²) in [5, 5.41) is 5.27. The molecule has 2 N–H and O–H groups in total. The van der Waals surface area contributed by atoms with Crippen molar-refractivity contribution < 1.29 is 13.2 Å². The Hall–Kier alpha value is -0.130. The van der Waals surface area contributed by atoms with Crippen LogP contribution in [0.5, 0.6) is 0 Å². The molecule has 0 aliphatic heterocycles. The van der Waals surface area contributed by atoms with Gasteiger partial charge in [-0.3, -0.25) is 0 Å². The topological polar surface area (TPSA) is 69.4 Å². The monoisotopic (exact) mass is 303 g/mol. The molecule has 0 aromatic heterocycles. The molecule has 0 spiro atoms. The molecule has 0 bridgehead atoms. The van der Waals surface area contributed by atoms with Crippen molar-refractivity contribution in [3.8, 4) is 0 Å². The van der Waals surface area contributed by atoms with Crippen LogP contribution in [-0.4, -0.2) is 26.9 Å². The summed E-state index contributed by atoms with van der Waals surface area (Å²) in [5.41, 5.74) is -0.216. The van der Waals surface area contributed by atoms with Crippen LogP contribution in [0, 0.1) is 11.3 Å². The summed E-state index contributed by atoms with van der Waals surface area (Å²) in [7, 11) is -3.41. The Morgan fingerprint density at radius 2 is 1.90 bits per heavy atom. The molecule has 5 heteroatoms. The Balaban J connectivity index is 1.89. The highest BCUT2D eigenvalue weighted by Crippen LogP contribution is 2.40. The fourth-order valence-electron chi connectivity index (χ4n) is 3.94. The van der Waals surface area contributed by atoms with Gasteiger partial charge in [-0.05, 0) is 31.6 Å². The predicted molar refractivity (Wildman–Crippen MR) is 80.9 cm³/mol. The van der Waals surface area contributed by atoms with Gasteiger partial charge in [0.05, 0.1) is 18.5 Å². The van der Waals surface area contributed by atoms with E-state index < -0.39 is 10.0 Å². The lowest BCUT2D eigenvalue weighted by Crippen LogP contribution is -2.37. The summed E-state index contributed by atoms with van der Waals surface area (Å²) in [6, 6.07) is 0. The van der Waals surface area contributed by atoms with Crippen LogP contribution in [0.15, 0.2) is 0 Å². The molecule has 0 aromatic rings. The Morgan fingerprint density at radius 1 is 1.20 bits per heavy atom. The standard InChI is InChI=1S/C15H29NO3S/c1-2-13-6-5-7-14(10-13)19-11-15(8-3-4-9-15)12-20(16,17)18/h13-14H,2-12H2,1H3,(H2,16,17,18). The zero-order valence-corrected chi connectivity index (χ0v) is 13.5. The smallest absolute Gasteiger partial charge is 0.209 e. The van der Waals surface area contributed by atoms with Crippen LogP contribution in [-0.2, 0) is 14.8 Å². The maximum atomic E-state index is 11.5. The predicted octanol–water partition coefficient (Wildman–Crippen LogP) is 2.82. The largest absolute Gasteiger partial charge is 0.378 e. The third-order valence-electron chi connectivity index (χ3n) is 5.11. The van der Waals surface area contributed by atoms with Crippen molar-refractivity contribution >= 4 is 10.0 Å². The van der Waals surface area contributed by atoms with Gasteiger partial charge in [0.15, 0.2) is 0 Å². The lowest BCUT2D eigenvalue weighted by Gasteiger charge is -2.33. The zero-order chi connectivity index (χ0) is 14.6. The normalized spacial score (nSPS) is 30.5. The van der Waals surface area contributed by atoms with Gasteiger partial charge >= 0.3 is 0 Å². The van der Waals surface area contributed by atoms with Crippen molar-refractivity contribution in [3.63, 3.8) is 0 Å². The third-order valence-corrected chi connectivity index (χ3v) is 6.12. The molecule has 0 radical (unpaired) electrons. The van der Waals surface area contributed by atoms with Crippen molar-refractivity contribution in [1.29, 1.82) is 0 Å². The van der Waals surface area contributed by atoms with Gasteiger partial charge < -0.3 is 4.74 Å². The average molecular weight is 303 g/mol.